The van der Waals surface area contributed by atoms with Gasteiger partial charge in [-0.25, -0.2) is 18.1 Å². The van der Waals surface area contributed by atoms with Crippen molar-refractivity contribution >= 4 is 51.6 Å². The minimum atomic E-state index is -3.21. The number of sulfonamides is 1. The Bertz CT molecular complexity index is 724. The predicted molar refractivity (Wildman–Crippen MR) is 118 cm³/mol. The van der Waals surface area contributed by atoms with Crippen molar-refractivity contribution in [3.8, 4) is 5.75 Å². The van der Waals surface area contributed by atoms with Gasteiger partial charge < -0.3 is 15.4 Å². The number of benzene rings is 1. The van der Waals surface area contributed by atoms with Crippen molar-refractivity contribution in [3.05, 3.63) is 28.8 Å². The average molecular weight is 555 g/mol. The van der Waals surface area contributed by atoms with Crippen LogP contribution < -0.4 is 20.1 Å². The van der Waals surface area contributed by atoms with E-state index >= 15 is 0 Å². The molecule has 0 saturated heterocycles. The number of aliphatic imine (C=N–C) groups is 1. The Morgan fingerprint density at radius 2 is 1.96 bits per heavy atom. The smallest absolute Gasteiger partial charge is 0.387 e. The minimum absolute atomic E-state index is 0. The summed E-state index contributed by atoms with van der Waals surface area (Å²) < 4.78 is 54.7. The first-order chi connectivity index (χ1) is 12.8. The maximum Gasteiger partial charge on any atom is 0.387 e. The average Bonchev–Trinajstić information content (AvgIpc) is 2.60. The first-order valence-electron chi connectivity index (χ1n) is 8.50. The second-order valence-electron chi connectivity index (χ2n) is 5.40. The minimum Gasteiger partial charge on any atom is -0.434 e. The van der Waals surface area contributed by atoms with Crippen LogP contribution in [-0.2, 0) is 16.6 Å². The van der Waals surface area contributed by atoms with Gasteiger partial charge in [-0.2, -0.15) is 8.78 Å². The van der Waals surface area contributed by atoms with Crippen molar-refractivity contribution in [1.82, 2.24) is 15.4 Å². The van der Waals surface area contributed by atoms with Crippen LogP contribution in [0.2, 0.25) is 5.02 Å². The molecule has 0 radical (unpaired) electrons. The molecule has 0 amide bonds. The normalized spacial score (nSPS) is 11.9. The summed E-state index contributed by atoms with van der Waals surface area (Å²) in [6.45, 7) is 1.99. The summed E-state index contributed by atoms with van der Waals surface area (Å²) in [7, 11) is -3.21. The molecule has 162 valence electrons. The van der Waals surface area contributed by atoms with Crippen LogP contribution in [0.1, 0.15) is 25.8 Å². The molecule has 0 aromatic heterocycles. The van der Waals surface area contributed by atoms with E-state index < -0.39 is 16.6 Å². The molecule has 0 fully saturated rings. The summed E-state index contributed by atoms with van der Waals surface area (Å²) in [4.78, 5) is 4.33. The number of rotatable bonds is 11. The van der Waals surface area contributed by atoms with E-state index in [-0.39, 0.29) is 42.0 Å². The van der Waals surface area contributed by atoms with Gasteiger partial charge in [0.05, 0.1) is 12.3 Å². The number of nitrogens with one attached hydrogen (secondary N) is 3. The number of halogens is 4. The van der Waals surface area contributed by atoms with Crippen molar-refractivity contribution in [2.45, 2.75) is 33.4 Å². The van der Waals surface area contributed by atoms with E-state index in [0.717, 1.165) is 0 Å². The highest BCUT2D eigenvalue weighted by Crippen LogP contribution is 2.25. The van der Waals surface area contributed by atoms with Crippen LogP contribution in [0.4, 0.5) is 8.78 Å². The number of hydrogen-bond donors (Lipinski definition) is 3. The molecule has 7 nitrogen and oxygen atoms in total. The Morgan fingerprint density at radius 3 is 2.57 bits per heavy atom. The van der Waals surface area contributed by atoms with Crippen LogP contribution in [0.3, 0.4) is 0 Å². The van der Waals surface area contributed by atoms with Crippen LogP contribution in [0, 0.1) is 0 Å². The summed E-state index contributed by atoms with van der Waals surface area (Å²) in [6, 6.07) is 4.36. The molecule has 1 rings (SSSR count). The number of alkyl halides is 2. The maximum absolute atomic E-state index is 12.5. The van der Waals surface area contributed by atoms with E-state index in [0.29, 0.717) is 42.6 Å². The number of hydrogen-bond acceptors (Lipinski definition) is 4. The molecule has 1 aromatic rings. The summed E-state index contributed by atoms with van der Waals surface area (Å²) >= 11 is 5.92. The van der Waals surface area contributed by atoms with Gasteiger partial charge in [0.2, 0.25) is 10.0 Å². The zero-order valence-electron chi connectivity index (χ0n) is 15.7. The lowest BCUT2D eigenvalue weighted by Crippen LogP contribution is -2.38. The lowest BCUT2D eigenvalue weighted by atomic mass is 10.2. The monoisotopic (exact) mass is 554 g/mol. The Kier molecular flexibility index (Phi) is 13.7. The molecule has 0 aliphatic heterocycles. The third-order valence-electron chi connectivity index (χ3n) is 3.34. The summed E-state index contributed by atoms with van der Waals surface area (Å²) in [6.07, 6.45) is 0.556. The van der Waals surface area contributed by atoms with Gasteiger partial charge in [-0.05, 0) is 38.5 Å². The molecule has 1 aromatic carbocycles. The van der Waals surface area contributed by atoms with Crippen molar-refractivity contribution in [2.24, 2.45) is 4.99 Å². The molecule has 0 saturated carbocycles. The van der Waals surface area contributed by atoms with Gasteiger partial charge in [0.1, 0.15) is 5.75 Å². The largest absolute Gasteiger partial charge is 0.434 e. The fraction of sp³-hybridized carbons (Fsp3) is 0.562. The molecule has 28 heavy (non-hydrogen) atoms. The molecule has 0 spiro atoms. The maximum atomic E-state index is 12.5. The Morgan fingerprint density at radius 1 is 1.25 bits per heavy atom. The van der Waals surface area contributed by atoms with E-state index in [2.05, 4.69) is 25.1 Å². The summed E-state index contributed by atoms with van der Waals surface area (Å²) in [5.74, 6) is 0.523. The van der Waals surface area contributed by atoms with Gasteiger partial charge >= 0.3 is 6.61 Å². The van der Waals surface area contributed by atoms with Gasteiger partial charge in [-0.3, -0.25) is 0 Å². The first-order valence-corrected chi connectivity index (χ1v) is 10.5. The number of nitrogens with zero attached hydrogens (tertiary/aromatic N) is 1. The second kappa shape index (κ2) is 14.1. The molecule has 0 bridgehead atoms. The quantitative estimate of drug-likeness (QED) is 0.169. The highest BCUT2D eigenvalue weighted by Gasteiger charge is 2.10. The molecule has 0 aliphatic rings. The van der Waals surface area contributed by atoms with E-state index in [1.165, 1.54) is 18.2 Å². The fourth-order valence-corrected chi connectivity index (χ4v) is 2.87. The SMILES string of the molecule is CCNC(=NCc1cc(Cl)ccc1OC(F)F)NCCCNS(=O)(=O)CC.I. The number of ether oxygens (including phenoxy) is 1. The molecule has 0 aliphatic carbocycles. The van der Waals surface area contributed by atoms with E-state index in [9.17, 15) is 17.2 Å². The molecule has 0 unspecified atom stereocenters. The van der Waals surface area contributed by atoms with Crippen LogP contribution in [0.15, 0.2) is 23.2 Å². The van der Waals surface area contributed by atoms with Crippen LogP contribution in [0.25, 0.3) is 0 Å². The molecule has 12 heteroatoms. The number of guanidine groups is 1. The summed E-state index contributed by atoms with van der Waals surface area (Å²) in [5.41, 5.74) is 0.427. The van der Waals surface area contributed by atoms with Crippen LogP contribution in [-0.4, -0.2) is 46.4 Å². The van der Waals surface area contributed by atoms with Gasteiger partial charge in [-0.15, -0.1) is 24.0 Å². The highest BCUT2D eigenvalue weighted by atomic mass is 127. The van der Waals surface area contributed by atoms with Gasteiger partial charge in [-0.1, -0.05) is 11.6 Å². The highest BCUT2D eigenvalue weighted by molar-refractivity contribution is 14.0. The molecular formula is C16H26ClF2IN4O3S. The Labute approximate surface area is 186 Å². The first kappa shape index (κ1) is 27.1. The molecular weight excluding hydrogens is 529 g/mol. The zero-order valence-corrected chi connectivity index (χ0v) is 19.6. The standard InChI is InChI=1S/C16H25ClF2N4O3S.HI/c1-3-20-16(21-8-5-9-23-27(24,25)4-2)22-11-12-10-13(17)6-7-14(12)26-15(18)19;/h6-7,10,15,23H,3-5,8-9,11H2,1-2H3,(H2,20,21,22);1H. The van der Waals surface area contributed by atoms with E-state index in [1.54, 1.807) is 6.92 Å². The topological polar surface area (TPSA) is 91.8 Å². The van der Waals surface area contributed by atoms with Crippen molar-refractivity contribution in [2.75, 3.05) is 25.4 Å². The predicted octanol–water partition coefficient (Wildman–Crippen LogP) is 2.94. The molecule has 0 atom stereocenters. The lowest BCUT2D eigenvalue weighted by molar-refractivity contribution is -0.0504. The second-order valence-corrected chi connectivity index (χ2v) is 7.94. The summed E-state index contributed by atoms with van der Waals surface area (Å²) in [5, 5.41) is 6.47. The zero-order chi connectivity index (χ0) is 20.3. The lowest BCUT2D eigenvalue weighted by Gasteiger charge is -2.13. The van der Waals surface area contributed by atoms with Crippen LogP contribution >= 0.6 is 35.6 Å². The molecule has 0 heterocycles. The van der Waals surface area contributed by atoms with Gasteiger partial charge in [0.25, 0.3) is 0 Å². The third kappa shape index (κ3) is 11.2. The Hall–Kier alpha value is -0.920. The van der Waals surface area contributed by atoms with Gasteiger partial charge in [0.15, 0.2) is 5.96 Å². The third-order valence-corrected chi connectivity index (χ3v) is 4.98. The van der Waals surface area contributed by atoms with E-state index in [1.807, 2.05) is 6.92 Å². The molecule has 3 N–H and O–H groups in total. The van der Waals surface area contributed by atoms with Gasteiger partial charge in [0, 0.05) is 30.2 Å². The van der Waals surface area contributed by atoms with Crippen molar-refractivity contribution in [1.29, 1.82) is 0 Å². The van der Waals surface area contributed by atoms with Crippen LogP contribution in [0.5, 0.6) is 5.75 Å². The van der Waals surface area contributed by atoms with E-state index in [4.69, 9.17) is 11.6 Å². The van der Waals surface area contributed by atoms with Crippen molar-refractivity contribution in [3.63, 3.8) is 0 Å². The fourth-order valence-electron chi connectivity index (χ4n) is 2.01. The van der Waals surface area contributed by atoms with Crippen molar-refractivity contribution < 1.29 is 21.9 Å². The Balaban J connectivity index is 0.00000729.